The molecule has 0 saturated heterocycles. The Balaban J connectivity index is 1.58. The van der Waals surface area contributed by atoms with E-state index in [4.69, 9.17) is 9.47 Å². The Bertz CT molecular complexity index is 1480. The molecule has 0 aliphatic rings. The predicted octanol–water partition coefficient (Wildman–Crippen LogP) is 5.38. The Morgan fingerprint density at radius 3 is 2.56 bits per heavy atom. The second kappa shape index (κ2) is 11.3. The number of fused-ring (bicyclic) bond motifs is 1. The van der Waals surface area contributed by atoms with Crippen molar-refractivity contribution in [3.05, 3.63) is 87.9 Å². The third-order valence-corrected chi connectivity index (χ3v) is 5.98. The van der Waals surface area contributed by atoms with Crippen molar-refractivity contribution in [3.63, 3.8) is 0 Å². The zero-order valence-corrected chi connectivity index (χ0v) is 21.2. The Morgan fingerprint density at radius 1 is 1.06 bits per heavy atom. The summed E-state index contributed by atoms with van der Waals surface area (Å²) in [4.78, 5) is 21.4. The van der Waals surface area contributed by atoms with Gasteiger partial charge in [0.15, 0.2) is 0 Å². The summed E-state index contributed by atoms with van der Waals surface area (Å²) in [5.41, 5.74) is 3.02. The maximum Gasteiger partial charge on any atom is 0.318 e. The van der Waals surface area contributed by atoms with Gasteiger partial charge in [-0.05, 0) is 41.5 Å². The van der Waals surface area contributed by atoms with Gasteiger partial charge in [-0.2, -0.15) is 15.2 Å². The number of nitriles is 1. The first kappa shape index (κ1) is 24.7. The minimum atomic E-state index is -0.442. The summed E-state index contributed by atoms with van der Waals surface area (Å²) in [6.07, 6.45) is 1.54. The van der Waals surface area contributed by atoms with Gasteiger partial charge in [-0.15, -0.1) is 0 Å². The number of nitrogens with zero attached hydrogens (tertiary/aromatic N) is 3. The van der Waals surface area contributed by atoms with Crippen LogP contribution >= 0.6 is 15.9 Å². The average molecular weight is 544 g/mol. The number of rotatable bonds is 8. The van der Waals surface area contributed by atoms with E-state index >= 15 is 0 Å². The predicted molar refractivity (Wildman–Crippen MR) is 142 cm³/mol. The summed E-state index contributed by atoms with van der Waals surface area (Å²) in [5.74, 6) is 0.695. The van der Waals surface area contributed by atoms with Crippen molar-refractivity contribution >= 4 is 50.3 Å². The highest BCUT2D eigenvalue weighted by atomic mass is 79.9. The summed E-state index contributed by atoms with van der Waals surface area (Å²) in [5, 5.41) is 16.3. The van der Waals surface area contributed by atoms with Crippen molar-refractivity contribution in [2.75, 3.05) is 19.5 Å². The minimum Gasteiger partial charge on any atom is -0.496 e. The van der Waals surface area contributed by atoms with Crippen molar-refractivity contribution < 1.29 is 14.3 Å². The lowest BCUT2D eigenvalue weighted by molar-refractivity contribution is -0.117. The van der Waals surface area contributed by atoms with E-state index in [-0.39, 0.29) is 11.6 Å². The van der Waals surface area contributed by atoms with Crippen LogP contribution in [-0.4, -0.2) is 30.1 Å². The fourth-order valence-electron chi connectivity index (χ4n) is 3.52. The van der Waals surface area contributed by atoms with E-state index < -0.39 is 5.91 Å². The molecule has 0 unspecified atom stereocenters. The molecule has 0 radical (unpaired) electrons. The standard InChI is InChI=1S/C27H22BrN5O3/c1-35-23-10-6-9-22-24(23)25(33-27(32-22)36-2)31-20-12-11-18(21(28)14-20)13-19(15-29)26(34)30-16-17-7-4-3-5-8-17/h3-14H,16H2,1-2H3,(H,30,34)(H,31,32,33)/b19-13+. The molecule has 0 aliphatic carbocycles. The molecule has 0 fully saturated rings. The Hall–Kier alpha value is -4.42. The number of ether oxygens (including phenoxy) is 2. The molecule has 4 aromatic rings. The fourth-order valence-corrected chi connectivity index (χ4v) is 4.01. The van der Waals surface area contributed by atoms with Crippen LogP contribution in [0.4, 0.5) is 11.5 Å². The van der Waals surface area contributed by atoms with Gasteiger partial charge in [-0.25, -0.2) is 0 Å². The number of amides is 1. The van der Waals surface area contributed by atoms with Crippen molar-refractivity contribution in [2.24, 2.45) is 0 Å². The number of hydrogen-bond acceptors (Lipinski definition) is 7. The van der Waals surface area contributed by atoms with Gasteiger partial charge in [-0.1, -0.05) is 58.4 Å². The molecule has 0 bridgehead atoms. The van der Waals surface area contributed by atoms with E-state index in [1.54, 1.807) is 19.3 Å². The Morgan fingerprint density at radius 2 is 1.86 bits per heavy atom. The first-order valence-corrected chi connectivity index (χ1v) is 11.7. The molecule has 0 spiro atoms. The third kappa shape index (κ3) is 5.62. The number of aromatic nitrogens is 2. The van der Waals surface area contributed by atoms with E-state index in [0.29, 0.717) is 39.1 Å². The zero-order chi connectivity index (χ0) is 25.5. The second-order valence-corrected chi connectivity index (χ2v) is 8.47. The number of benzene rings is 3. The van der Waals surface area contributed by atoms with Crippen molar-refractivity contribution in [2.45, 2.75) is 6.54 Å². The van der Waals surface area contributed by atoms with Gasteiger partial charge in [0.1, 0.15) is 23.2 Å². The lowest BCUT2D eigenvalue weighted by Gasteiger charge is -2.13. The summed E-state index contributed by atoms with van der Waals surface area (Å²) < 4.78 is 11.4. The molecule has 1 heterocycles. The van der Waals surface area contributed by atoms with Gasteiger partial charge in [0.25, 0.3) is 5.91 Å². The van der Waals surface area contributed by atoms with Gasteiger partial charge in [0, 0.05) is 16.7 Å². The molecular formula is C27H22BrN5O3. The van der Waals surface area contributed by atoms with E-state index in [1.807, 2.05) is 66.7 Å². The van der Waals surface area contributed by atoms with Crippen LogP contribution in [0.2, 0.25) is 0 Å². The normalized spacial score (nSPS) is 11.0. The molecule has 2 N–H and O–H groups in total. The topological polar surface area (TPSA) is 109 Å². The molecule has 1 aromatic heterocycles. The minimum absolute atomic E-state index is 0.00334. The van der Waals surface area contributed by atoms with Crippen LogP contribution < -0.4 is 20.1 Å². The molecule has 180 valence electrons. The van der Waals surface area contributed by atoms with Gasteiger partial charge in [-0.3, -0.25) is 4.79 Å². The number of anilines is 2. The number of carbonyl (C=O) groups is 1. The highest BCUT2D eigenvalue weighted by molar-refractivity contribution is 9.10. The van der Waals surface area contributed by atoms with Gasteiger partial charge in [0.2, 0.25) is 0 Å². The van der Waals surface area contributed by atoms with Crippen LogP contribution in [0, 0.1) is 11.3 Å². The van der Waals surface area contributed by atoms with E-state index in [0.717, 1.165) is 11.3 Å². The Labute approximate surface area is 216 Å². The summed E-state index contributed by atoms with van der Waals surface area (Å²) in [6.45, 7) is 0.336. The SMILES string of the molecule is COc1nc(Nc2ccc(/C=C(\C#N)C(=O)NCc3ccccc3)c(Br)c2)c2c(OC)cccc2n1. The highest BCUT2D eigenvalue weighted by Gasteiger charge is 2.14. The van der Waals surface area contributed by atoms with Crippen molar-refractivity contribution in [1.29, 1.82) is 5.26 Å². The van der Waals surface area contributed by atoms with Crippen LogP contribution in [0.3, 0.4) is 0 Å². The van der Waals surface area contributed by atoms with Crippen molar-refractivity contribution in [3.8, 4) is 17.8 Å². The monoisotopic (exact) mass is 543 g/mol. The fraction of sp³-hybridized carbons (Fsp3) is 0.111. The first-order valence-electron chi connectivity index (χ1n) is 10.9. The Kier molecular flexibility index (Phi) is 7.78. The van der Waals surface area contributed by atoms with Crippen LogP contribution in [-0.2, 0) is 11.3 Å². The molecule has 0 atom stereocenters. The molecule has 4 rings (SSSR count). The van der Waals surface area contributed by atoms with E-state index in [1.165, 1.54) is 7.11 Å². The lowest BCUT2D eigenvalue weighted by atomic mass is 10.1. The molecule has 36 heavy (non-hydrogen) atoms. The summed E-state index contributed by atoms with van der Waals surface area (Å²) in [7, 11) is 3.09. The second-order valence-electron chi connectivity index (χ2n) is 7.61. The van der Waals surface area contributed by atoms with Crippen LogP contribution in [0.15, 0.2) is 76.8 Å². The highest BCUT2D eigenvalue weighted by Crippen LogP contribution is 2.34. The molecule has 1 amide bonds. The number of methoxy groups -OCH3 is 2. The maximum atomic E-state index is 12.5. The molecule has 9 heteroatoms. The van der Waals surface area contributed by atoms with Gasteiger partial charge >= 0.3 is 6.01 Å². The zero-order valence-electron chi connectivity index (χ0n) is 19.6. The quantitative estimate of drug-likeness (QED) is 0.227. The summed E-state index contributed by atoms with van der Waals surface area (Å²) in [6, 6.07) is 22.7. The lowest BCUT2D eigenvalue weighted by Crippen LogP contribution is -2.23. The third-order valence-electron chi connectivity index (χ3n) is 5.29. The number of carbonyl (C=O) groups excluding carboxylic acids is 1. The molecular weight excluding hydrogens is 522 g/mol. The largest absolute Gasteiger partial charge is 0.496 e. The first-order chi connectivity index (χ1) is 17.5. The average Bonchev–Trinajstić information content (AvgIpc) is 2.91. The number of hydrogen-bond donors (Lipinski definition) is 2. The van der Waals surface area contributed by atoms with Crippen LogP contribution in [0.25, 0.3) is 17.0 Å². The number of nitrogens with one attached hydrogen (secondary N) is 2. The van der Waals surface area contributed by atoms with Crippen LogP contribution in [0.5, 0.6) is 11.8 Å². The molecule has 0 aliphatic heterocycles. The summed E-state index contributed by atoms with van der Waals surface area (Å²) >= 11 is 3.54. The number of halogens is 1. The van der Waals surface area contributed by atoms with Gasteiger partial charge < -0.3 is 20.1 Å². The molecule has 0 saturated carbocycles. The smallest absolute Gasteiger partial charge is 0.318 e. The maximum absolute atomic E-state index is 12.5. The molecule has 3 aromatic carbocycles. The van der Waals surface area contributed by atoms with Gasteiger partial charge in [0.05, 0.1) is 25.1 Å². The van der Waals surface area contributed by atoms with E-state index in [2.05, 4.69) is 36.5 Å². The van der Waals surface area contributed by atoms with Crippen LogP contribution in [0.1, 0.15) is 11.1 Å². The van der Waals surface area contributed by atoms with E-state index in [9.17, 15) is 10.1 Å². The molecule has 8 nitrogen and oxygen atoms in total. The van der Waals surface area contributed by atoms with Crippen molar-refractivity contribution in [1.82, 2.24) is 15.3 Å².